The van der Waals surface area contributed by atoms with Crippen molar-refractivity contribution in [3.8, 4) is 0 Å². The summed E-state index contributed by atoms with van der Waals surface area (Å²) in [6, 6.07) is 0. The number of rotatable bonds is 7. The van der Waals surface area contributed by atoms with Gasteiger partial charge in [0.1, 0.15) is 5.82 Å². The number of nitrogens with one attached hydrogen (secondary N) is 2. The fourth-order valence-electron chi connectivity index (χ4n) is 1.54. The lowest BCUT2D eigenvalue weighted by atomic mass is 10.0. The summed E-state index contributed by atoms with van der Waals surface area (Å²) < 4.78 is 0. The first kappa shape index (κ1) is 12.9. The molecule has 0 atom stereocenters. The Hall–Kier alpha value is -1.16. The Bertz CT molecular complexity index is 280. The zero-order valence-corrected chi connectivity index (χ0v) is 10.5. The normalized spacial score (nSPS) is 10.8. The summed E-state index contributed by atoms with van der Waals surface area (Å²) in [5.74, 6) is 1.59. The molecule has 1 aromatic heterocycles. The fourth-order valence-corrected chi connectivity index (χ4v) is 1.54. The van der Waals surface area contributed by atoms with Gasteiger partial charge in [0, 0.05) is 13.1 Å². The number of anilines is 1. The van der Waals surface area contributed by atoms with Gasteiger partial charge in [-0.3, -0.25) is 4.98 Å². The van der Waals surface area contributed by atoms with Crippen LogP contribution < -0.4 is 10.6 Å². The highest BCUT2D eigenvalue weighted by Crippen LogP contribution is 2.09. The Kier molecular flexibility index (Phi) is 5.78. The largest absolute Gasteiger partial charge is 0.369 e. The minimum atomic E-state index is 0.721. The summed E-state index contributed by atoms with van der Waals surface area (Å²) in [5, 5.41) is 6.37. The molecule has 0 unspecified atom stereocenters. The van der Waals surface area contributed by atoms with Crippen LogP contribution in [0.4, 0.5) is 5.82 Å². The van der Waals surface area contributed by atoms with Crippen LogP contribution in [0.15, 0.2) is 12.4 Å². The Balaban J connectivity index is 2.42. The van der Waals surface area contributed by atoms with E-state index in [2.05, 4.69) is 34.4 Å². The summed E-state index contributed by atoms with van der Waals surface area (Å²) in [6.45, 7) is 6.18. The molecule has 0 amide bonds. The van der Waals surface area contributed by atoms with Crippen LogP contribution in [0.2, 0.25) is 0 Å². The van der Waals surface area contributed by atoms with Gasteiger partial charge in [-0.05, 0) is 13.0 Å². The van der Waals surface area contributed by atoms with Crippen molar-refractivity contribution >= 4 is 5.82 Å². The number of nitrogens with zero attached hydrogens (tertiary/aromatic N) is 2. The number of hydrogen-bond donors (Lipinski definition) is 2. The van der Waals surface area contributed by atoms with Crippen molar-refractivity contribution in [1.29, 1.82) is 0 Å². The SMILES string of the molecule is CCC(CC)CNc1cnc(CNC)cn1. The van der Waals surface area contributed by atoms with Crippen LogP contribution in [0.5, 0.6) is 0 Å². The molecule has 0 fully saturated rings. The fraction of sp³-hybridized carbons (Fsp3) is 0.667. The first-order valence-electron chi connectivity index (χ1n) is 5.99. The summed E-state index contributed by atoms with van der Waals surface area (Å²) in [5.41, 5.74) is 0.968. The summed E-state index contributed by atoms with van der Waals surface area (Å²) >= 11 is 0. The third-order valence-corrected chi connectivity index (χ3v) is 2.79. The van der Waals surface area contributed by atoms with Crippen molar-refractivity contribution in [2.45, 2.75) is 33.2 Å². The second kappa shape index (κ2) is 7.17. The average Bonchev–Trinajstić information content (AvgIpc) is 2.33. The van der Waals surface area contributed by atoms with Crippen LogP contribution in [-0.2, 0) is 6.54 Å². The van der Waals surface area contributed by atoms with Crippen molar-refractivity contribution in [2.75, 3.05) is 18.9 Å². The van der Waals surface area contributed by atoms with E-state index >= 15 is 0 Å². The lowest BCUT2D eigenvalue weighted by Gasteiger charge is -2.13. The quantitative estimate of drug-likeness (QED) is 0.741. The van der Waals surface area contributed by atoms with E-state index in [1.54, 1.807) is 6.20 Å². The maximum atomic E-state index is 4.32. The van der Waals surface area contributed by atoms with E-state index < -0.39 is 0 Å². The highest BCUT2D eigenvalue weighted by atomic mass is 15.0. The molecule has 0 aliphatic heterocycles. The summed E-state index contributed by atoms with van der Waals surface area (Å²) in [7, 11) is 1.90. The smallest absolute Gasteiger partial charge is 0.144 e. The molecular formula is C12H22N4. The van der Waals surface area contributed by atoms with Gasteiger partial charge in [-0.1, -0.05) is 26.7 Å². The molecule has 0 spiro atoms. The lowest BCUT2D eigenvalue weighted by molar-refractivity contribution is 0.518. The van der Waals surface area contributed by atoms with Gasteiger partial charge in [0.2, 0.25) is 0 Å². The van der Waals surface area contributed by atoms with Crippen LogP contribution in [0.1, 0.15) is 32.4 Å². The van der Waals surface area contributed by atoms with E-state index in [0.717, 1.165) is 30.5 Å². The molecule has 4 heteroatoms. The van der Waals surface area contributed by atoms with Crippen LogP contribution in [0, 0.1) is 5.92 Å². The Labute approximate surface area is 97.9 Å². The maximum absolute atomic E-state index is 4.32. The standard InChI is InChI=1S/C12H22N4/c1-4-10(5-2)6-15-12-9-14-11(7-13-3)8-16-12/h8-10,13H,4-7H2,1-3H3,(H,15,16). The first-order chi connectivity index (χ1) is 7.80. The summed E-state index contributed by atoms with van der Waals surface area (Å²) in [6.07, 6.45) is 6.02. The molecule has 0 aromatic carbocycles. The zero-order chi connectivity index (χ0) is 11.8. The van der Waals surface area contributed by atoms with Gasteiger partial charge in [-0.15, -0.1) is 0 Å². The van der Waals surface area contributed by atoms with Crippen molar-refractivity contribution in [3.63, 3.8) is 0 Å². The van der Waals surface area contributed by atoms with Crippen LogP contribution in [0.25, 0.3) is 0 Å². The minimum absolute atomic E-state index is 0.721. The van der Waals surface area contributed by atoms with Crippen LogP contribution >= 0.6 is 0 Å². The molecule has 90 valence electrons. The van der Waals surface area contributed by atoms with Gasteiger partial charge < -0.3 is 10.6 Å². The second-order valence-electron chi connectivity index (χ2n) is 3.99. The molecule has 0 saturated carbocycles. The molecule has 0 aliphatic rings. The molecule has 4 nitrogen and oxygen atoms in total. The van der Waals surface area contributed by atoms with Crippen molar-refractivity contribution in [2.24, 2.45) is 5.92 Å². The van der Waals surface area contributed by atoms with Gasteiger partial charge in [0.25, 0.3) is 0 Å². The van der Waals surface area contributed by atoms with E-state index in [1.165, 1.54) is 12.8 Å². The molecule has 0 bridgehead atoms. The van der Waals surface area contributed by atoms with Gasteiger partial charge in [-0.25, -0.2) is 4.98 Å². The predicted octanol–water partition coefficient (Wildman–Crippen LogP) is 2.04. The number of hydrogen-bond acceptors (Lipinski definition) is 4. The third kappa shape index (κ3) is 4.14. The summed E-state index contributed by atoms with van der Waals surface area (Å²) in [4.78, 5) is 8.63. The highest BCUT2D eigenvalue weighted by molar-refractivity contribution is 5.30. The molecule has 0 saturated heterocycles. The molecule has 0 aliphatic carbocycles. The minimum Gasteiger partial charge on any atom is -0.369 e. The molecule has 16 heavy (non-hydrogen) atoms. The van der Waals surface area contributed by atoms with Crippen molar-refractivity contribution < 1.29 is 0 Å². The molecule has 2 N–H and O–H groups in total. The van der Waals surface area contributed by atoms with E-state index in [9.17, 15) is 0 Å². The molecule has 1 heterocycles. The van der Waals surface area contributed by atoms with Gasteiger partial charge in [-0.2, -0.15) is 0 Å². The molecule has 0 radical (unpaired) electrons. The Morgan fingerprint density at radius 3 is 2.44 bits per heavy atom. The molecule has 1 rings (SSSR count). The molecule has 1 aromatic rings. The second-order valence-corrected chi connectivity index (χ2v) is 3.99. The predicted molar refractivity (Wildman–Crippen MR) is 67.4 cm³/mol. The lowest BCUT2D eigenvalue weighted by Crippen LogP contribution is -2.14. The van der Waals surface area contributed by atoms with Crippen LogP contribution in [-0.4, -0.2) is 23.6 Å². The van der Waals surface area contributed by atoms with E-state index in [1.807, 2.05) is 13.2 Å². The Morgan fingerprint density at radius 1 is 1.19 bits per heavy atom. The average molecular weight is 222 g/mol. The van der Waals surface area contributed by atoms with Crippen LogP contribution in [0.3, 0.4) is 0 Å². The third-order valence-electron chi connectivity index (χ3n) is 2.79. The van der Waals surface area contributed by atoms with E-state index in [4.69, 9.17) is 0 Å². The van der Waals surface area contributed by atoms with Gasteiger partial charge >= 0.3 is 0 Å². The topological polar surface area (TPSA) is 49.8 Å². The molecular weight excluding hydrogens is 200 g/mol. The maximum Gasteiger partial charge on any atom is 0.144 e. The van der Waals surface area contributed by atoms with Crippen molar-refractivity contribution in [1.82, 2.24) is 15.3 Å². The zero-order valence-electron chi connectivity index (χ0n) is 10.5. The monoisotopic (exact) mass is 222 g/mol. The van der Waals surface area contributed by atoms with Crippen molar-refractivity contribution in [3.05, 3.63) is 18.1 Å². The number of aromatic nitrogens is 2. The Morgan fingerprint density at radius 2 is 1.94 bits per heavy atom. The van der Waals surface area contributed by atoms with Gasteiger partial charge in [0.15, 0.2) is 0 Å². The van der Waals surface area contributed by atoms with E-state index in [0.29, 0.717) is 0 Å². The van der Waals surface area contributed by atoms with Gasteiger partial charge in [0.05, 0.1) is 18.1 Å². The first-order valence-corrected chi connectivity index (χ1v) is 5.99. The highest BCUT2D eigenvalue weighted by Gasteiger charge is 2.03. The van der Waals surface area contributed by atoms with E-state index in [-0.39, 0.29) is 0 Å².